The van der Waals surface area contributed by atoms with Gasteiger partial charge in [0.05, 0.1) is 6.61 Å². The van der Waals surface area contributed by atoms with Crippen molar-refractivity contribution in [1.82, 2.24) is 9.55 Å². The Morgan fingerprint density at radius 1 is 1.57 bits per heavy atom. The molecule has 1 aromatic rings. The second kappa shape index (κ2) is 5.24. The van der Waals surface area contributed by atoms with Crippen molar-refractivity contribution in [3.63, 3.8) is 0 Å². The van der Waals surface area contributed by atoms with E-state index in [-0.39, 0.29) is 12.2 Å². The third kappa shape index (κ3) is 2.85. The van der Waals surface area contributed by atoms with E-state index < -0.39 is 37.2 Å². The highest BCUT2D eigenvalue weighted by molar-refractivity contribution is 7.56. The maximum atomic E-state index is 11.8. The van der Waals surface area contributed by atoms with Gasteiger partial charge >= 0.3 is 13.3 Å². The average molecular weight is 319 g/mol. The summed E-state index contributed by atoms with van der Waals surface area (Å²) in [6, 6.07) is 1.26. The highest BCUT2D eigenvalue weighted by Crippen LogP contribution is 2.49. The number of hydrogen-bond donors (Lipinski definition) is 5. The average Bonchev–Trinajstić information content (AvgIpc) is 2.37. The third-order valence-corrected chi connectivity index (χ3v) is 3.91. The molecule has 21 heavy (non-hydrogen) atoms. The van der Waals surface area contributed by atoms with Crippen LogP contribution in [0, 0.1) is 0 Å². The third-order valence-electron chi connectivity index (χ3n) is 3.05. The summed E-state index contributed by atoms with van der Waals surface area (Å²) in [6.45, 7) is -0.773. The zero-order valence-corrected chi connectivity index (χ0v) is 11.6. The van der Waals surface area contributed by atoms with Crippen molar-refractivity contribution < 1.29 is 29.3 Å². The van der Waals surface area contributed by atoms with E-state index >= 15 is 0 Å². The molecular formula is C10H14N3O7P. The van der Waals surface area contributed by atoms with Crippen molar-refractivity contribution in [1.29, 1.82) is 0 Å². The van der Waals surface area contributed by atoms with Crippen molar-refractivity contribution in [2.24, 2.45) is 0 Å². The summed E-state index contributed by atoms with van der Waals surface area (Å²) >= 11 is 0. The van der Waals surface area contributed by atoms with E-state index in [0.29, 0.717) is 0 Å². The molecule has 0 radical (unpaired) electrons. The number of rotatable bonds is 3. The molecule has 0 bridgehead atoms. The van der Waals surface area contributed by atoms with Crippen molar-refractivity contribution in [3.05, 3.63) is 34.3 Å². The molecule has 2 heterocycles. The minimum atomic E-state index is -4.67. The Kier molecular flexibility index (Phi) is 3.91. The number of aromatic nitrogens is 2. The first-order valence-electron chi connectivity index (χ1n) is 5.80. The summed E-state index contributed by atoms with van der Waals surface area (Å²) in [6.07, 6.45) is 0.320. The molecule has 0 saturated heterocycles. The first kappa shape index (κ1) is 15.7. The molecule has 1 aliphatic rings. The molecule has 6 N–H and O–H groups in total. The zero-order valence-electron chi connectivity index (χ0n) is 10.7. The van der Waals surface area contributed by atoms with Crippen LogP contribution in [0.2, 0.25) is 0 Å². The van der Waals surface area contributed by atoms with Crippen LogP contribution in [0.3, 0.4) is 0 Å². The molecule has 1 aliphatic heterocycles. The second-order valence-corrected chi connectivity index (χ2v) is 5.99. The lowest BCUT2D eigenvalue weighted by Gasteiger charge is -2.39. The van der Waals surface area contributed by atoms with Crippen LogP contribution in [0.5, 0.6) is 0 Å². The van der Waals surface area contributed by atoms with Crippen LogP contribution in [0.1, 0.15) is 6.42 Å². The summed E-state index contributed by atoms with van der Waals surface area (Å²) in [5, 5.41) is 19.8. The van der Waals surface area contributed by atoms with E-state index in [4.69, 9.17) is 20.3 Å². The van der Waals surface area contributed by atoms with E-state index in [1.165, 1.54) is 6.07 Å². The number of ether oxygens (including phenoxy) is 1. The molecule has 0 unspecified atom stereocenters. The van der Waals surface area contributed by atoms with Gasteiger partial charge in [0.2, 0.25) is 5.50 Å². The quantitative estimate of drug-likeness (QED) is 0.406. The molecule has 0 amide bonds. The van der Waals surface area contributed by atoms with Gasteiger partial charge in [-0.2, -0.15) is 4.98 Å². The number of nitrogen functional groups attached to an aromatic ring is 1. The normalized spacial score (nSPS) is 26.1. The maximum absolute atomic E-state index is 11.8. The van der Waals surface area contributed by atoms with Gasteiger partial charge in [-0.1, -0.05) is 0 Å². The van der Waals surface area contributed by atoms with Crippen molar-refractivity contribution >= 4 is 13.4 Å². The molecule has 0 aliphatic carbocycles. The minimum absolute atomic E-state index is 0.0522. The Balaban J connectivity index is 2.49. The van der Waals surface area contributed by atoms with Gasteiger partial charge in [-0.05, 0) is 12.1 Å². The van der Waals surface area contributed by atoms with Gasteiger partial charge in [-0.25, -0.2) is 4.79 Å². The number of aliphatic hydroxyl groups excluding tert-OH is 1. The van der Waals surface area contributed by atoms with Crippen LogP contribution < -0.4 is 11.4 Å². The van der Waals surface area contributed by atoms with Gasteiger partial charge in [0.1, 0.15) is 5.82 Å². The van der Waals surface area contributed by atoms with Gasteiger partial charge in [0, 0.05) is 12.6 Å². The second-order valence-electron chi connectivity index (χ2n) is 4.46. The number of nitrogens with zero attached hydrogens (tertiary/aromatic N) is 2. The molecule has 2 rings (SSSR count). The largest absolute Gasteiger partial charge is 0.475 e. The molecule has 0 spiro atoms. The molecule has 1 aromatic heterocycles. The summed E-state index contributed by atoms with van der Waals surface area (Å²) in [5.74, 6) is -0.0522. The molecule has 0 saturated carbocycles. The van der Waals surface area contributed by atoms with Gasteiger partial charge in [-0.3, -0.25) is 9.13 Å². The predicted octanol–water partition coefficient (Wildman–Crippen LogP) is -1.73. The number of hydrogen-bond acceptors (Lipinski definition) is 7. The summed E-state index contributed by atoms with van der Waals surface area (Å²) < 4.78 is 16.9. The standard InChI is InChI=1S/C10H14N3O7P/c11-7-2-4-13(9(15)12-7)10(16)3-1-8(21(17,18)19)20-6(10)5-14/h1-2,4,6,14,16H,3,5H2,(H2,11,12,15)(H2,17,18,19)/t6-,10-/m0/s1. The van der Waals surface area contributed by atoms with Crippen molar-refractivity contribution in [3.8, 4) is 0 Å². The lowest BCUT2D eigenvalue weighted by atomic mass is 10.0. The Morgan fingerprint density at radius 3 is 2.76 bits per heavy atom. The van der Waals surface area contributed by atoms with E-state index in [2.05, 4.69) is 4.98 Å². The van der Waals surface area contributed by atoms with Crippen LogP contribution in [-0.2, 0) is 15.0 Å². The topological polar surface area (TPSA) is 168 Å². The Bertz CT molecular complexity index is 681. The fourth-order valence-corrected chi connectivity index (χ4v) is 2.59. The first-order chi connectivity index (χ1) is 9.68. The molecule has 2 atom stereocenters. The fourth-order valence-electron chi connectivity index (χ4n) is 1.99. The molecule has 11 heteroatoms. The molecule has 0 fully saturated rings. The van der Waals surface area contributed by atoms with Crippen LogP contribution in [0.4, 0.5) is 5.82 Å². The summed E-state index contributed by atoms with van der Waals surface area (Å²) in [7, 11) is -4.67. The van der Waals surface area contributed by atoms with Crippen LogP contribution >= 0.6 is 7.60 Å². The SMILES string of the molecule is Nc1ccn([C@]2(O)CC=C(P(=O)(O)O)O[C@H]2CO)c(=O)n1. The molecule has 0 aromatic carbocycles. The van der Waals surface area contributed by atoms with Gasteiger partial charge in [-0.15, -0.1) is 0 Å². The smallest absolute Gasteiger partial charge is 0.390 e. The Hall–Kier alpha value is -1.71. The van der Waals surface area contributed by atoms with Crippen LogP contribution in [0.25, 0.3) is 0 Å². The number of nitrogens with two attached hydrogens (primary N) is 1. The van der Waals surface area contributed by atoms with E-state index in [9.17, 15) is 19.6 Å². The van der Waals surface area contributed by atoms with Crippen LogP contribution in [-0.4, -0.2) is 42.3 Å². The molecular weight excluding hydrogens is 305 g/mol. The lowest BCUT2D eigenvalue weighted by molar-refractivity contribution is -0.166. The fraction of sp³-hybridized carbons (Fsp3) is 0.400. The van der Waals surface area contributed by atoms with E-state index in [1.54, 1.807) is 0 Å². The monoisotopic (exact) mass is 319 g/mol. The van der Waals surface area contributed by atoms with E-state index in [0.717, 1.165) is 16.8 Å². The summed E-state index contributed by atoms with van der Waals surface area (Å²) in [4.78, 5) is 33.3. The van der Waals surface area contributed by atoms with Crippen molar-refractivity contribution in [2.75, 3.05) is 12.3 Å². The first-order valence-corrected chi connectivity index (χ1v) is 7.41. The van der Waals surface area contributed by atoms with Crippen molar-refractivity contribution in [2.45, 2.75) is 18.2 Å². The Morgan fingerprint density at radius 2 is 2.24 bits per heavy atom. The minimum Gasteiger partial charge on any atom is -0.475 e. The maximum Gasteiger partial charge on any atom is 0.390 e. The number of anilines is 1. The Labute approximate surface area is 118 Å². The van der Waals surface area contributed by atoms with E-state index in [1.807, 2.05) is 0 Å². The highest BCUT2D eigenvalue weighted by atomic mass is 31.2. The summed E-state index contributed by atoms with van der Waals surface area (Å²) in [5.41, 5.74) is 1.76. The van der Waals surface area contributed by atoms with Gasteiger partial charge in [0.15, 0.2) is 11.8 Å². The predicted molar refractivity (Wildman–Crippen MR) is 69.8 cm³/mol. The van der Waals surface area contributed by atoms with Gasteiger partial charge in [0.25, 0.3) is 0 Å². The molecule has 116 valence electrons. The van der Waals surface area contributed by atoms with Crippen LogP contribution in [0.15, 0.2) is 28.6 Å². The van der Waals surface area contributed by atoms with Gasteiger partial charge < -0.3 is 30.5 Å². The zero-order chi connectivity index (χ0) is 15.8. The highest BCUT2D eigenvalue weighted by Gasteiger charge is 2.46. The lowest BCUT2D eigenvalue weighted by Crippen LogP contribution is -2.54. The number of aliphatic hydroxyl groups is 2. The molecule has 10 nitrogen and oxygen atoms in total.